The van der Waals surface area contributed by atoms with E-state index in [9.17, 15) is 5.11 Å². The van der Waals surface area contributed by atoms with E-state index in [0.29, 0.717) is 11.1 Å². The molecule has 1 aliphatic rings. The number of hydrogen-bond donors (Lipinski definition) is 2. The molecule has 0 aromatic heterocycles. The summed E-state index contributed by atoms with van der Waals surface area (Å²) in [6.45, 7) is 4.94. The zero-order chi connectivity index (χ0) is 15.2. The van der Waals surface area contributed by atoms with E-state index in [2.05, 4.69) is 19.2 Å². The quantitative estimate of drug-likeness (QED) is 0.810. The van der Waals surface area contributed by atoms with Gasteiger partial charge in [0, 0.05) is 23.2 Å². The average molecular weight is 312 g/mol. The molecule has 2 atom stereocenters. The van der Waals surface area contributed by atoms with Crippen LogP contribution >= 0.6 is 11.6 Å². The SMILES string of the molecule is CC(C)NCc1cc(Cl)ccc1OC1CCCCCC1O. The summed E-state index contributed by atoms with van der Waals surface area (Å²) in [7, 11) is 0. The average Bonchev–Trinajstić information content (AvgIpc) is 2.64. The lowest BCUT2D eigenvalue weighted by molar-refractivity contribution is 0.0314. The molecule has 1 saturated carbocycles. The third-order valence-corrected chi connectivity index (χ3v) is 4.15. The highest BCUT2D eigenvalue weighted by molar-refractivity contribution is 6.30. The Hall–Kier alpha value is -0.770. The molecule has 2 rings (SSSR count). The van der Waals surface area contributed by atoms with Gasteiger partial charge in [0.2, 0.25) is 0 Å². The molecule has 1 aromatic carbocycles. The zero-order valence-electron chi connectivity index (χ0n) is 12.9. The molecule has 4 heteroatoms. The second-order valence-electron chi connectivity index (χ2n) is 6.15. The lowest BCUT2D eigenvalue weighted by Gasteiger charge is -2.24. The highest BCUT2D eigenvalue weighted by Crippen LogP contribution is 2.28. The molecule has 0 heterocycles. The van der Waals surface area contributed by atoms with Crippen molar-refractivity contribution >= 4 is 11.6 Å². The van der Waals surface area contributed by atoms with Crippen LogP contribution in [0.5, 0.6) is 5.75 Å². The topological polar surface area (TPSA) is 41.5 Å². The van der Waals surface area contributed by atoms with Crippen LogP contribution in [0.25, 0.3) is 0 Å². The fourth-order valence-corrected chi connectivity index (χ4v) is 2.86. The van der Waals surface area contributed by atoms with Crippen LogP contribution in [0.15, 0.2) is 18.2 Å². The smallest absolute Gasteiger partial charge is 0.124 e. The largest absolute Gasteiger partial charge is 0.487 e. The number of aliphatic hydroxyl groups is 1. The van der Waals surface area contributed by atoms with E-state index < -0.39 is 0 Å². The number of halogens is 1. The molecule has 118 valence electrons. The predicted molar refractivity (Wildman–Crippen MR) is 86.9 cm³/mol. The number of rotatable bonds is 5. The summed E-state index contributed by atoms with van der Waals surface area (Å²) in [6, 6.07) is 6.10. The molecule has 0 radical (unpaired) electrons. The van der Waals surface area contributed by atoms with Crippen LogP contribution in [0.2, 0.25) is 5.02 Å². The molecule has 2 N–H and O–H groups in total. The van der Waals surface area contributed by atoms with Crippen LogP contribution in [0.3, 0.4) is 0 Å². The van der Waals surface area contributed by atoms with Crippen molar-refractivity contribution in [2.45, 2.75) is 70.7 Å². The summed E-state index contributed by atoms with van der Waals surface area (Å²) in [6.07, 6.45) is 4.66. The van der Waals surface area contributed by atoms with Crippen molar-refractivity contribution in [3.8, 4) is 5.75 Å². The molecule has 0 amide bonds. The summed E-state index contributed by atoms with van der Waals surface area (Å²) >= 11 is 6.10. The Morgan fingerprint density at radius 1 is 1.29 bits per heavy atom. The lowest BCUT2D eigenvalue weighted by atomic mass is 10.1. The molecular weight excluding hydrogens is 286 g/mol. The normalized spacial score (nSPS) is 23.1. The van der Waals surface area contributed by atoms with Crippen molar-refractivity contribution in [1.29, 1.82) is 0 Å². The van der Waals surface area contributed by atoms with E-state index in [0.717, 1.165) is 43.5 Å². The van der Waals surface area contributed by atoms with Crippen molar-refractivity contribution in [3.63, 3.8) is 0 Å². The standard InChI is InChI=1S/C17H26ClNO2/c1-12(2)19-11-13-10-14(18)8-9-16(13)21-17-7-5-3-4-6-15(17)20/h8-10,12,15,17,19-20H,3-7,11H2,1-2H3. The zero-order valence-corrected chi connectivity index (χ0v) is 13.7. The Balaban J connectivity index is 2.10. The molecule has 3 nitrogen and oxygen atoms in total. The molecule has 0 spiro atoms. The molecule has 1 aromatic rings. The van der Waals surface area contributed by atoms with Gasteiger partial charge in [-0.25, -0.2) is 0 Å². The Morgan fingerprint density at radius 2 is 2.05 bits per heavy atom. The Kier molecular flexibility index (Phi) is 6.34. The summed E-state index contributed by atoms with van der Waals surface area (Å²) in [5.41, 5.74) is 1.05. The monoisotopic (exact) mass is 311 g/mol. The van der Waals surface area contributed by atoms with Crippen molar-refractivity contribution in [1.82, 2.24) is 5.32 Å². The van der Waals surface area contributed by atoms with Crippen LogP contribution < -0.4 is 10.1 Å². The van der Waals surface area contributed by atoms with E-state index in [-0.39, 0.29) is 12.2 Å². The molecular formula is C17H26ClNO2. The Labute approximate surface area is 132 Å². The first-order chi connectivity index (χ1) is 10.1. The highest BCUT2D eigenvalue weighted by Gasteiger charge is 2.24. The van der Waals surface area contributed by atoms with Gasteiger partial charge in [0.25, 0.3) is 0 Å². The van der Waals surface area contributed by atoms with Crippen LogP contribution in [0.1, 0.15) is 51.5 Å². The Morgan fingerprint density at radius 3 is 2.81 bits per heavy atom. The molecule has 1 aliphatic carbocycles. The van der Waals surface area contributed by atoms with Crippen molar-refractivity contribution in [3.05, 3.63) is 28.8 Å². The first-order valence-electron chi connectivity index (χ1n) is 7.93. The number of aliphatic hydroxyl groups excluding tert-OH is 1. The van der Waals surface area contributed by atoms with Gasteiger partial charge in [0.05, 0.1) is 6.10 Å². The minimum Gasteiger partial charge on any atom is -0.487 e. The van der Waals surface area contributed by atoms with E-state index in [1.54, 1.807) is 0 Å². The molecule has 21 heavy (non-hydrogen) atoms. The van der Waals surface area contributed by atoms with E-state index in [1.807, 2.05) is 18.2 Å². The Bertz CT molecular complexity index is 450. The second-order valence-corrected chi connectivity index (χ2v) is 6.59. The maximum atomic E-state index is 10.2. The predicted octanol–water partition coefficient (Wildman–Crippen LogP) is 3.91. The van der Waals surface area contributed by atoms with E-state index >= 15 is 0 Å². The first-order valence-corrected chi connectivity index (χ1v) is 8.30. The van der Waals surface area contributed by atoms with Crippen LogP contribution in [-0.4, -0.2) is 23.4 Å². The number of benzene rings is 1. The number of ether oxygens (including phenoxy) is 1. The molecule has 2 unspecified atom stereocenters. The van der Waals surface area contributed by atoms with Gasteiger partial charge in [-0.2, -0.15) is 0 Å². The van der Waals surface area contributed by atoms with Gasteiger partial charge in [-0.05, 0) is 37.5 Å². The second kappa shape index (κ2) is 8.02. The summed E-state index contributed by atoms with van der Waals surface area (Å²) < 4.78 is 6.12. The molecule has 0 saturated heterocycles. The lowest BCUT2D eigenvalue weighted by Crippen LogP contribution is -2.31. The fraction of sp³-hybridized carbons (Fsp3) is 0.647. The van der Waals surface area contributed by atoms with Gasteiger partial charge in [0.1, 0.15) is 11.9 Å². The number of nitrogens with one attached hydrogen (secondary N) is 1. The molecule has 0 bridgehead atoms. The maximum absolute atomic E-state index is 10.2. The third kappa shape index (κ3) is 5.17. The minimum absolute atomic E-state index is 0.105. The van der Waals surface area contributed by atoms with Gasteiger partial charge in [-0.15, -0.1) is 0 Å². The summed E-state index contributed by atoms with van der Waals surface area (Å²) in [5.74, 6) is 0.832. The van der Waals surface area contributed by atoms with E-state index in [1.165, 1.54) is 6.42 Å². The van der Waals surface area contributed by atoms with Gasteiger partial charge < -0.3 is 15.2 Å². The molecule has 0 aliphatic heterocycles. The molecule has 1 fully saturated rings. The maximum Gasteiger partial charge on any atom is 0.124 e. The summed E-state index contributed by atoms with van der Waals surface area (Å²) in [5, 5.41) is 14.3. The summed E-state index contributed by atoms with van der Waals surface area (Å²) in [4.78, 5) is 0. The van der Waals surface area contributed by atoms with Gasteiger partial charge in [0.15, 0.2) is 0 Å². The fourth-order valence-electron chi connectivity index (χ4n) is 2.67. The van der Waals surface area contributed by atoms with Crippen LogP contribution in [0, 0.1) is 0 Å². The van der Waals surface area contributed by atoms with Gasteiger partial charge >= 0.3 is 0 Å². The van der Waals surface area contributed by atoms with Gasteiger partial charge in [-0.3, -0.25) is 0 Å². The third-order valence-electron chi connectivity index (χ3n) is 3.92. The first kappa shape index (κ1) is 16.6. The van der Waals surface area contributed by atoms with Crippen molar-refractivity contribution in [2.75, 3.05) is 0 Å². The van der Waals surface area contributed by atoms with E-state index in [4.69, 9.17) is 16.3 Å². The van der Waals surface area contributed by atoms with Gasteiger partial charge in [-0.1, -0.05) is 38.3 Å². The minimum atomic E-state index is -0.367. The van der Waals surface area contributed by atoms with Crippen LogP contribution in [0.4, 0.5) is 0 Å². The van der Waals surface area contributed by atoms with Crippen molar-refractivity contribution < 1.29 is 9.84 Å². The highest BCUT2D eigenvalue weighted by atomic mass is 35.5. The van der Waals surface area contributed by atoms with Crippen molar-refractivity contribution in [2.24, 2.45) is 0 Å². The van der Waals surface area contributed by atoms with Crippen LogP contribution in [-0.2, 0) is 6.54 Å². The number of hydrogen-bond acceptors (Lipinski definition) is 3.